The Morgan fingerprint density at radius 2 is 1.76 bits per heavy atom. The smallest absolute Gasteiger partial charge is 0.257 e. The Bertz CT molecular complexity index is 554. The summed E-state index contributed by atoms with van der Waals surface area (Å²) in [6, 6.07) is 1.69. The maximum Gasteiger partial charge on any atom is 0.257 e. The van der Waals surface area contributed by atoms with E-state index in [4.69, 9.17) is 4.42 Å². The van der Waals surface area contributed by atoms with Gasteiger partial charge in [-0.1, -0.05) is 26.2 Å². The lowest BCUT2D eigenvalue weighted by molar-refractivity contribution is -0.138. The summed E-state index contributed by atoms with van der Waals surface area (Å²) in [6.45, 7) is 4.77. The van der Waals surface area contributed by atoms with Gasteiger partial charge in [-0.3, -0.25) is 9.59 Å². The zero-order chi connectivity index (χ0) is 17.6. The third kappa shape index (κ3) is 4.44. The summed E-state index contributed by atoms with van der Waals surface area (Å²) in [6.07, 6.45) is 11.4. The molecule has 1 aliphatic heterocycles. The molecule has 2 aliphatic rings. The van der Waals surface area contributed by atoms with Crippen LogP contribution in [0.25, 0.3) is 0 Å². The van der Waals surface area contributed by atoms with Crippen molar-refractivity contribution in [1.82, 2.24) is 9.80 Å². The standard InChI is InChI=1S/C20H30N2O3/c1-2-3-4-16-5-7-17(8-6-16)19(23)21-10-12-22(13-11-21)20(24)18-9-14-25-15-18/h9,14-17H,2-8,10-13H2,1H3. The van der Waals surface area contributed by atoms with Crippen molar-refractivity contribution in [3.05, 3.63) is 24.2 Å². The molecule has 1 aromatic rings. The van der Waals surface area contributed by atoms with Crippen LogP contribution in [0, 0.1) is 11.8 Å². The Morgan fingerprint density at radius 3 is 2.36 bits per heavy atom. The third-order valence-corrected chi connectivity index (χ3v) is 5.81. The number of rotatable bonds is 5. The Kier molecular flexibility index (Phi) is 6.16. The van der Waals surface area contributed by atoms with E-state index in [0.29, 0.717) is 37.6 Å². The van der Waals surface area contributed by atoms with E-state index in [1.807, 2.05) is 9.80 Å². The fraction of sp³-hybridized carbons (Fsp3) is 0.700. The van der Waals surface area contributed by atoms with Gasteiger partial charge in [0.05, 0.1) is 11.8 Å². The second-order valence-electron chi connectivity index (χ2n) is 7.49. The van der Waals surface area contributed by atoms with E-state index in [-0.39, 0.29) is 11.8 Å². The predicted octanol–water partition coefficient (Wildman–Crippen LogP) is 3.56. The van der Waals surface area contributed by atoms with Gasteiger partial charge in [0, 0.05) is 32.1 Å². The van der Waals surface area contributed by atoms with Gasteiger partial charge in [-0.05, 0) is 37.7 Å². The van der Waals surface area contributed by atoms with Gasteiger partial charge < -0.3 is 14.2 Å². The Balaban J connectivity index is 1.44. The van der Waals surface area contributed by atoms with E-state index in [1.54, 1.807) is 6.07 Å². The first-order valence-corrected chi connectivity index (χ1v) is 9.79. The molecular weight excluding hydrogens is 316 g/mol. The first-order valence-electron chi connectivity index (χ1n) is 9.79. The minimum atomic E-state index is -0.00252. The van der Waals surface area contributed by atoms with Crippen molar-refractivity contribution >= 4 is 11.8 Å². The van der Waals surface area contributed by atoms with E-state index in [1.165, 1.54) is 44.6 Å². The molecule has 0 radical (unpaired) electrons. The van der Waals surface area contributed by atoms with Gasteiger partial charge in [0.2, 0.25) is 5.91 Å². The van der Waals surface area contributed by atoms with Gasteiger partial charge in [-0.2, -0.15) is 0 Å². The predicted molar refractivity (Wildman–Crippen MR) is 96.2 cm³/mol. The van der Waals surface area contributed by atoms with Gasteiger partial charge in [-0.15, -0.1) is 0 Å². The Labute approximate surface area is 150 Å². The maximum atomic E-state index is 12.8. The van der Waals surface area contributed by atoms with Crippen LogP contribution in [-0.4, -0.2) is 47.8 Å². The van der Waals surface area contributed by atoms with Crippen molar-refractivity contribution in [3.8, 4) is 0 Å². The molecule has 2 heterocycles. The number of carbonyl (C=O) groups excluding carboxylic acids is 2. The monoisotopic (exact) mass is 346 g/mol. The average molecular weight is 346 g/mol. The van der Waals surface area contributed by atoms with Crippen LogP contribution < -0.4 is 0 Å². The molecule has 2 amide bonds. The molecule has 0 bridgehead atoms. The summed E-state index contributed by atoms with van der Waals surface area (Å²) in [4.78, 5) is 28.9. The fourth-order valence-corrected chi connectivity index (χ4v) is 4.15. The lowest BCUT2D eigenvalue weighted by Crippen LogP contribution is -2.52. The van der Waals surface area contributed by atoms with Crippen LogP contribution in [0.1, 0.15) is 62.2 Å². The van der Waals surface area contributed by atoms with E-state index < -0.39 is 0 Å². The van der Waals surface area contributed by atoms with E-state index in [9.17, 15) is 9.59 Å². The lowest BCUT2D eigenvalue weighted by atomic mass is 9.79. The second-order valence-corrected chi connectivity index (χ2v) is 7.49. The molecule has 3 rings (SSSR count). The number of hydrogen-bond donors (Lipinski definition) is 0. The highest BCUT2D eigenvalue weighted by Gasteiger charge is 2.32. The Morgan fingerprint density at radius 1 is 1.08 bits per heavy atom. The molecule has 0 spiro atoms. The summed E-state index contributed by atoms with van der Waals surface area (Å²) >= 11 is 0. The fourth-order valence-electron chi connectivity index (χ4n) is 4.15. The summed E-state index contributed by atoms with van der Waals surface area (Å²) in [5, 5.41) is 0. The molecule has 0 atom stereocenters. The minimum absolute atomic E-state index is 0.00252. The summed E-state index contributed by atoms with van der Waals surface area (Å²) in [5.74, 6) is 1.34. The molecule has 1 aromatic heterocycles. The summed E-state index contributed by atoms with van der Waals surface area (Å²) in [7, 11) is 0. The molecule has 1 saturated carbocycles. The van der Waals surface area contributed by atoms with Crippen molar-refractivity contribution in [1.29, 1.82) is 0 Å². The average Bonchev–Trinajstić information content (AvgIpc) is 3.20. The van der Waals surface area contributed by atoms with Crippen LogP contribution in [0.5, 0.6) is 0 Å². The molecule has 5 heteroatoms. The highest BCUT2D eigenvalue weighted by molar-refractivity contribution is 5.94. The summed E-state index contributed by atoms with van der Waals surface area (Å²) < 4.78 is 4.99. The number of piperazine rings is 1. The number of amides is 2. The van der Waals surface area contributed by atoms with Crippen LogP contribution in [0.15, 0.2) is 23.0 Å². The van der Waals surface area contributed by atoms with Crippen LogP contribution in [0.3, 0.4) is 0 Å². The first kappa shape index (κ1) is 18.0. The van der Waals surface area contributed by atoms with Crippen molar-refractivity contribution in [2.45, 2.75) is 51.9 Å². The van der Waals surface area contributed by atoms with Gasteiger partial charge in [-0.25, -0.2) is 0 Å². The highest BCUT2D eigenvalue weighted by atomic mass is 16.3. The van der Waals surface area contributed by atoms with Crippen LogP contribution >= 0.6 is 0 Å². The zero-order valence-corrected chi connectivity index (χ0v) is 15.3. The minimum Gasteiger partial charge on any atom is -0.472 e. The van der Waals surface area contributed by atoms with Gasteiger partial charge in [0.25, 0.3) is 5.91 Å². The molecule has 0 aromatic carbocycles. The molecule has 2 fully saturated rings. The topological polar surface area (TPSA) is 53.8 Å². The molecular formula is C20H30N2O3. The molecule has 25 heavy (non-hydrogen) atoms. The molecule has 5 nitrogen and oxygen atoms in total. The summed E-state index contributed by atoms with van der Waals surface area (Å²) in [5.41, 5.74) is 0.588. The van der Waals surface area contributed by atoms with E-state index in [0.717, 1.165) is 18.8 Å². The Hall–Kier alpha value is -1.78. The number of nitrogens with zero attached hydrogens (tertiary/aromatic N) is 2. The van der Waals surface area contributed by atoms with Crippen molar-refractivity contribution in [2.24, 2.45) is 11.8 Å². The van der Waals surface area contributed by atoms with Crippen LogP contribution in [0.2, 0.25) is 0 Å². The van der Waals surface area contributed by atoms with Crippen molar-refractivity contribution < 1.29 is 14.0 Å². The van der Waals surface area contributed by atoms with Crippen molar-refractivity contribution in [2.75, 3.05) is 26.2 Å². The quantitative estimate of drug-likeness (QED) is 0.819. The van der Waals surface area contributed by atoms with Crippen LogP contribution in [0.4, 0.5) is 0 Å². The number of carbonyl (C=O) groups is 2. The highest BCUT2D eigenvalue weighted by Crippen LogP contribution is 2.33. The SMILES string of the molecule is CCCCC1CCC(C(=O)N2CCN(C(=O)c3ccoc3)CC2)CC1. The largest absolute Gasteiger partial charge is 0.472 e. The normalized spacial score (nSPS) is 24.4. The second kappa shape index (κ2) is 8.54. The zero-order valence-electron chi connectivity index (χ0n) is 15.3. The molecule has 0 N–H and O–H groups in total. The molecule has 0 unspecified atom stereocenters. The van der Waals surface area contributed by atoms with E-state index >= 15 is 0 Å². The molecule has 1 saturated heterocycles. The number of hydrogen-bond acceptors (Lipinski definition) is 3. The number of unbranched alkanes of at least 4 members (excludes halogenated alkanes) is 1. The lowest BCUT2D eigenvalue weighted by Gasteiger charge is -2.37. The van der Waals surface area contributed by atoms with Crippen molar-refractivity contribution in [3.63, 3.8) is 0 Å². The van der Waals surface area contributed by atoms with E-state index in [2.05, 4.69) is 6.92 Å². The number of furan rings is 1. The maximum absolute atomic E-state index is 12.8. The molecule has 138 valence electrons. The van der Waals surface area contributed by atoms with Gasteiger partial charge >= 0.3 is 0 Å². The first-order chi connectivity index (χ1) is 12.2. The molecule has 1 aliphatic carbocycles. The van der Waals surface area contributed by atoms with Crippen LogP contribution in [-0.2, 0) is 4.79 Å². The van der Waals surface area contributed by atoms with Gasteiger partial charge in [0.15, 0.2) is 0 Å². The third-order valence-electron chi connectivity index (χ3n) is 5.81. The van der Waals surface area contributed by atoms with Gasteiger partial charge in [0.1, 0.15) is 6.26 Å².